The molecule has 40 heavy (non-hydrogen) atoms. The maximum atomic E-state index is 5.49. The summed E-state index contributed by atoms with van der Waals surface area (Å²) in [6.07, 6.45) is 14.5. The van der Waals surface area contributed by atoms with Gasteiger partial charge in [-0.05, 0) is 93.5 Å². The van der Waals surface area contributed by atoms with E-state index in [4.69, 9.17) is 9.97 Å². The van der Waals surface area contributed by atoms with Crippen molar-refractivity contribution < 1.29 is 0 Å². The fourth-order valence-corrected chi connectivity index (χ4v) is 10.7. The first-order valence-corrected chi connectivity index (χ1v) is 19.6. The number of fused-ring (bicyclic) bond motifs is 3. The van der Waals surface area contributed by atoms with E-state index >= 15 is 0 Å². The summed E-state index contributed by atoms with van der Waals surface area (Å²) in [7, 11) is -2.06. The summed E-state index contributed by atoms with van der Waals surface area (Å²) in [6, 6.07) is 31.7. The number of hydrogen-bond acceptors (Lipinski definition) is 2. The van der Waals surface area contributed by atoms with Crippen molar-refractivity contribution in [2.24, 2.45) is 0 Å². The summed E-state index contributed by atoms with van der Waals surface area (Å²) >= 11 is 0. The van der Waals surface area contributed by atoms with Crippen LogP contribution in [-0.2, 0) is 0 Å². The van der Waals surface area contributed by atoms with Gasteiger partial charge in [-0.3, -0.25) is 0 Å². The van der Waals surface area contributed by atoms with Gasteiger partial charge in [0.25, 0.3) is 0 Å². The summed E-state index contributed by atoms with van der Waals surface area (Å²) in [5, 5.41) is 5.54. The molecule has 3 aliphatic carbocycles. The minimum Gasteiger partial charge on any atom is -0.248 e. The van der Waals surface area contributed by atoms with E-state index in [2.05, 4.69) is 122 Å². The molecule has 3 aliphatic rings. The fourth-order valence-electron chi connectivity index (χ4n) is 7.42. The summed E-state index contributed by atoms with van der Waals surface area (Å²) in [6.45, 7) is 0. The molecule has 0 radical (unpaired) electrons. The predicted octanol–water partition coefficient (Wildman–Crippen LogP) is 9.03. The maximum absolute atomic E-state index is 5.49. The molecule has 4 heteroatoms. The molecule has 9 rings (SSSR count). The lowest BCUT2D eigenvalue weighted by molar-refractivity contribution is 0.709. The molecular formula is C36H34N2S2. The Balaban J connectivity index is 1.51. The normalized spacial score (nSPS) is 18.6. The van der Waals surface area contributed by atoms with E-state index in [-0.39, 0.29) is 11.8 Å². The van der Waals surface area contributed by atoms with E-state index in [1.54, 1.807) is 0 Å². The summed E-state index contributed by atoms with van der Waals surface area (Å²) < 4.78 is 0. The van der Waals surface area contributed by atoms with Gasteiger partial charge in [0.05, 0.1) is 34.3 Å². The first-order chi connectivity index (χ1) is 19.1. The lowest BCUT2D eigenvalue weighted by atomic mass is 9.64. The van der Waals surface area contributed by atoms with Crippen molar-refractivity contribution in [2.45, 2.75) is 21.6 Å². The standard InChI is InChI=1S/C36H34N2S2/c1-39(2,3)35-25-17-11-12-18-26(25)36(40(4,5)6)28-20-30-29(19-27(28)35)37-33-31-21-13-7-9-15-23(21)32(34(33)38-30)24-16-10-8-14-22(24)31/h7-20,31-32H,1-6H3. The minimum absolute atomic E-state index is 0.138. The molecular weight excluding hydrogens is 525 g/mol. The van der Waals surface area contributed by atoms with Crippen molar-refractivity contribution in [1.29, 1.82) is 0 Å². The lowest BCUT2D eigenvalue weighted by Crippen LogP contribution is -2.29. The van der Waals surface area contributed by atoms with Gasteiger partial charge in [0.15, 0.2) is 0 Å². The van der Waals surface area contributed by atoms with Crippen LogP contribution in [0, 0.1) is 0 Å². The highest BCUT2D eigenvalue weighted by Gasteiger charge is 2.43. The van der Waals surface area contributed by atoms with E-state index in [9.17, 15) is 0 Å². The number of benzene rings is 5. The van der Waals surface area contributed by atoms with Crippen LogP contribution >= 0.6 is 20.1 Å². The Kier molecular flexibility index (Phi) is 4.96. The largest absolute Gasteiger partial charge is 0.248 e. The van der Waals surface area contributed by atoms with E-state index < -0.39 is 20.1 Å². The van der Waals surface area contributed by atoms with Crippen molar-refractivity contribution in [3.63, 3.8) is 0 Å². The molecule has 5 aromatic carbocycles. The molecule has 2 bridgehead atoms. The Bertz CT molecular complexity index is 1850. The quantitative estimate of drug-likeness (QED) is 0.198. The second kappa shape index (κ2) is 8.11. The van der Waals surface area contributed by atoms with E-state index in [0.29, 0.717) is 0 Å². The maximum Gasteiger partial charge on any atom is 0.0897 e. The second-order valence-corrected chi connectivity index (χ2v) is 21.0. The van der Waals surface area contributed by atoms with Crippen molar-refractivity contribution in [3.8, 4) is 0 Å². The van der Waals surface area contributed by atoms with Crippen LogP contribution in [0.2, 0.25) is 0 Å². The Morgan fingerprint density at radius 2 is 0.775 bits per heavy atom. The van der Waals surface area contributed by atoms with Crippen LogP contribution in [-0.4, -0.2) is 47.5 Å². The highest BCUT2D eigenvalue weighted by molar-refractivity contribution is 8.33. The van der Waals surface area contributed by atoms with Gasteiger partial charge in [0, 0.05) is 9.79 Å². The van der Waals surface area contributed by atoms with Gasteiger partial charge in [-0.25, -0.2) is 30.0 Å². The Labute approximate surface area is 239 Å². The predicted molar refractivity (Wildman–Crippen MR) is 177 cm³/mol. The molecule has 0 N–H and O–H groups in total. The molecule has 0 aliphatic heterocycles. The summed E-state index contributed by atoms with van der Waals surface area (Å²) in [4.78, 5) is 14.0. The molecule has 0 fully saturated rings. The Hall–Kier alpha value is -3.34. The Morgan fingerprint density at radius 3 is 1.10 bits per heavy atom. The van der Waals surface area contributed by atoms with Crippen LogP contribution in [0.3, 0.4) is 0 Å². The number of hydrogen-bond donors (Lipinski definition) is 0. The van der Waals surface area contributed by atoms with Crippen molar-refractivity contribution >= 4 is 52.6 Å². The van der Waals surface area contributed by atoms with Gasteiger partial charge in [-0.15, -0.1) is 0 Å². The first-order valence-electron chi connectivity index (χ1n) is 13.9. The smallest absolute Gasteiger partial charge is 0.0897 e. The zero-order valence-electron chi connectivity index (χ0n) is 23.9. The van der Waals surface area contributed by atoms with E-state index in [1.165, 1.54) is 53.6 Å². The molecule has 200 valence electrons. The molecule has 0 amide bonds. The number of aromatic nitrogens is 2. The van der Waals surface area contributed by atoms with Crippen LogP contribution < -0.4 is 0 Å². The van der Waals surface area contributed by atoms with Crippen LogP contribution in [0.25, 0.3) is 32.6 Å². The molecule has 0 saturated carbocycles. The van der Waals surface area contributed by atoms with Crippen molar-refractivity contribution in [2.75, 3.05) is 37.5 Å². The van der Waals surface area contributed by atoms with Crippen LogP contribution in [0.15, 0.2) is 94.7 Å². The molecule has 0 saturated heterocycles. The van der Waals surface area contributed by atoms with Gasteiger partial charge in [-0.1, -0.05) is 72.8 Å². The Morgan fingerprint density at radius 1 is 0.450 bits per heavy atom. The zero-order chi connectivity index (χ0) is 27.6. The number of nitrogens with zero attached hydrogens (tertiary/aromatic N) is 2. The third-order valence-electron chi connectivity index (χ3n) is 8.77. The third-order valence-corrected chi connectivity index (χ3v) is 12.1. The summed E-state index contributed by atoms with van der Waals surface area (Å²) in [5.41, 5.74) is 9.86. The highest BCUT2D eigenvalue weighted by atomic mass is 32.3. The minimum atomic E-state index is -1.03. The van der Waals surface area contributed by atoms with E-state index in [0.717, 1.165) is 22.4 Å². The van der Waals surface area contributed by atoms with Gasteiger partial charge < -0.3 is 0 Å². The third kappa shape index (κ3) is 3.27. The molecule has 6 aromatic rings. The SMILES string of the molecule is CS(C)(C)c1c2ccccc2c(S(C)(C)C)c2cc3nc4c(nc3cc12)C1c2ccccc2C4c2ccccc21. The van der Waals surface area contributed by atoms with Gasteiger partial charge in [0.1, 0.15) is 0 Å². The molecule has 1 heterocycles. The van der Waals surface area contributed by atoms with Gasteiger partial charge in [-0.2, -0.15) is 0 Å². The highest BCUT2D eigenvalue weighted by Crippen LogP contribution is 2.60. The molecule has 0 spiro atoms. The van der Waals surface area contributed by atoms with Crippen molar-refractivity contribution in [1.82, 2.24) is 9.97 Å². The lowest BCUT2D eigenvalue weighted by Gasteiger charge is -2.40. The first kappa shape index (κ1) is 24.5. The van der Waals surface area contributed by atoms with Gasteiger partial charge >= 0.3 is 0 Å². The molecule has 1 aromatic heterocycles. The zero-order valence-corrected chi connectivity index (χ0v) is 25.6. The topological polar surface area (TPSA) is 25.8 Å². The van der Waals surface area contributed by atoms with Gasteiger partial charge in [0.2, 0.25) is 0 Å². The molecule has 2 nitrogen and oxygen atoms in total. The van der Waals surface area contributed by atoms with E-state index in [1.807, 2.05) is 0 Å². The van der Waals surface area contributed by atoms with Crippen LogP contribution in [0.5, 0.6) is 0 Å². The van der Waals surface area contributed by atoms with Crippen LogP contribution in [0.4, 0.5) is 0 Å². The monoisotopic (exact) mass is 558 g/mol. The van der Waals surface area contributed by atoms with Crippen LogP contribution in [0.1, 0.15) is 45.5 Å². The molecule has 0 atom stereocenters. The number of rotatable bonds is 2. The average Bonchev–Trinajstić information content (AvgIpc) is 2.92. The average molecular weight is 559 g/mol. The summed E-state index contributed by atoms with van der Waals surface area (Å²) in [5.74, 6) is 0.276. The fraction of sp³-hybridized carbons (Fsp3) is 0.222. The van der Waals surface area contributed by atoms with Crippen molar-refractivity contribution in [3.05, 3.63) is 119 Å². The molecule has 0 unspecified atom stereocenters. The second-order valence-electron chi connectivity index (χ2n) is 12.9.